The summed E-state index contributed by atoms with van der Waals surface area (Å²) in [6.45, 7) is 5.01. The second-order valence-corrected chi connectivity index (χ2v) is 7.07. The van der Waals surface area contributed by atoms with Crippen LogP contribution in [0.15, 0.2) is 18.2 Å². The fourth-order valence-electron chi connectivity index (χ4n) is 2.07. The molecule has 0 fully saturated rings. The molecule has 0 bridgehead atoms. The Bertz CT molecular complexity index is 745. The minimum absolute atomic E-state index is 0.322. The third-order valence-electron chi connectivity index (χ3n) is 3.03. The zero-order chi connectivity index (χ0) is 14.1. The molecule has 0 aliphatic carbocycles. The minimum Gasteiger partial charge on any atom is -0.368 e. The van der Waals surface area contributed by atoms with E-state index in [2.05, 4.69) is 47.3 Å². The lowest BCUT2D eigenvalue weighted by Crippen LogP contribution is -2.03. The van der Waals surface area contributed by atoms with Crippen LogP contribution in [0.4, 0.5) is 11.8 Å². The zero-order valence-electron chi connectivity index (χ0n) is 11.4. The summed E-state index contributed by atoms with van der Waals surface area (Å²) in [5, 5.41) is 4.43. The molecule has 3 heterocycles. The number of nitrogens with zero attached hydrogens (tertiary/aromatic N) is 2. The SMILES string of the molecule is CCc1ccc(CNc2nc(N)nc3sc(C)cc23)s1. The topological polar surface area (TPSA) is 63.8 Å². The number of nitrogens with one attached hydrogen (secondary N) is 1. The lowest BCUT2D eigenvalue weighted by atomic mass is 10.3. The van der Waals surface area contributed by atoms with E-state index >= 15 is 0 Å². The molecule has 0 amide bonds. The second-order valence-electron chi connectivity index (χ2n) is 4.58. The van der Waals surface area contributed by atoms with Gasteiger partial charge in [-0.15, -0.1) is 22.7 Å². The molecule has 0 saturated heterocycles. The Labute approximate surface area is 125 Å². The Morgan fingerprint density at radius 2 is 2.00 bits per heavy atom. The molecule has 0 aliphatic heterocycles. The van der Waals surface area contributed by atoms with Crippen LogP contribution >= 0.6 is 22.7 Å². The number of rotatable bonds is 4. The molecular weight excluding hydrogens is 288 g/mol. The van der Waals surface area contributed by atoms with Gasteiger partial charge in [0.2, 0.25) is 5.95 Å². The van der Waals surface area contributed by atoms with Gasteiger partial charge in [0, 0.05) is 14.6 Å². The molecule has 0 radical (unpaired) electrons. The Kier molecular flexibility index (Phi) is 3.58. The molecule has 0 aliphatic rings. The van der Waals surface area contributed by atoms with Crippen LogP contribution in [-0.2, 0) is 13.0 Å². The van der Waals surface area contributed by atoms with E-state index in [4.69, 9.17) is 5.73 Å². The summed E-state index contributed by atoms with van der Waals surface area (Å²) >= 11 is 3.47. The standard InChI is InChI=1S/C14H16N4S2/c1-3-9-4-5-10(20-9)7-16-12-11-6-8(2)19-13(11)18-14(15)17-12/h4-6H,3,7H2,1-2H3,(H3,15,16,17,18). The van der Waals surface area contributed by atoms with Crippen molar-refractivity contribution in [3.8, 4) is 0 Å². The summed E-state index contributed by atoms with van der Waals surface area (Å²) < 4.78 is 0. The van der Waals surface area contributed by atoms with Crippen molar-refractivity contribution in [2.45, 2.75) is 26.8 Å². The van der Waals surface area contributed by atoms with Gasteiger partial charge in [0.15, 0.2) is 0 Å². The molecule has 3 aromatic rings. The number of anilines is 2. The van der Waals surface area contributed by atoms with Crippen molar-refractivity contribution in [3.05, 3.63) is 32.8 Å². The molecule has 3 rings (SSSR count). The molecule has 0 spiro atoms. The van der Waals surface area contributed by atoms with E-state index in [0.29, 0.717) is 5.95 Å². The number of hydrogen-bond donors (Lipinski definition) is 2. The van der Waals surface area contributed by atoms with Gasteiger partial charge in [0.25, 0.3) is 0 Å². The molecule has 0 atom stereocenters. The fourth-order valence-corrected chi connectivity index (χ4v) is 3.86. The first-order valence-electron chi connectivity index (χ1n) is 6.51. The summed E-state index contributed by atoms with van der Waals surface area (Å²) in [5.74, 6) is 1.14. The third-order valence-corrected chi connectivity index (χ3v) is 5.20. The number of hydrogen-bond acceptors (Lipinski definition) is 6. The van der Waals surface area contributed by atoms with Gasteiger partial charge in [-0.2, -0.15) is 4.98 Å². The maximum Gasteiger partial charge on any atom is 0.223 e. The Morgan fingerprint density at radius 1 is 1.20 bits per heavy atom. The van der Waals surface area contributed by atoms with Gasteiger partial charge in [-0.3, -0.25) is 0 Å². The summed E-state index contributed by atoms with van der Waals surface area (Å²) in [7, 11) is 0. The Balaban J connectivity index is 1.86. The highest BCUT2D eigenvalue weighted by atomic mass is 32.1. The zero-order valence-corrected chi connectivity index (χ0v) is 13.1. The van der Waals surface area contributed by atoms with Crippen molar-refractivity contribution in [2.75, 3.05) is 11.1 Å². The molecule has 6 heteroatoms. The molecule has 0 aromatic carbocycles. The van der Waals surface area contributed by atoms with Crippen molar-refractivity contribution in [3.63, 3.8) is 0 Å². The molecule has 0 unspecified atom stereocenters. The first-order chi connectivity index (χ1) is 9.65. The molecule has 4 nitrogen and oxygen atoms in total. The maximum atomic E-state index is 5.78. The first-order valence-corrected chi connectivity index (χ1v) is 8.14. The van der Waals surface area contributed by atoms with E-state index in [-0.39, 0.29) is 0 Å². The van der Waals surface area contributed by atoms with Crippen molar-refractivity contribution in [1.82, 2.24) is 9.97 Å². The summed E-state index contributed by atoms with van der Waals surface area (Å²) in [4.78, 5) is 13.5. The monoisotopic (exact) mass is 304 g/mol. The third kappa shape index (κ3) is 2.62. The normalized spacial score (nSPS) is 11.1. The van der Waals surface area contributed by atoms with Crippen LogP contribution in [0.5, 0.6) is 0 Å². The molecule has 104 valence electrons. The Morgan fingerprint density at radius 3 is 2.75 bits per heavy atom. The maximum absolute atomic E-state index is 5.78. The van der Waals surface area contributed by atoms with E-state index in [9.17, 15) is 0 Å². The first kappa shape index (κ1) is 13.3. The number of nitrogen functional groups attached to an aromatic ring is 1. The van der Waals surface area contributed by atoms with E-state index in [1.54, 1.807) is 11.3 Å². The number of fused-ring (bicyclic) bond motifs is 1. The van der Waals surface area contributed by atoms with Gasteiger partial charge >= 0.3 is 0 Å². The number of thiophene rings is 2. The summed E-state index contributed by atoms with van der Waals surface area (Å²) in [6, 6.07) is 6.45. The van der Waals surface area contributed by atoms with Crippen LogP contribution in [0.25, 0.3) is 10.2 Å². The highest BCUT2D eigenvalue weighted by Crippen LogP contribution is 2.29. The second kappa shape index (κ2) is 5.38. The highest BCUT2D eigenvalue weighted by Gasteiger charge is 2.09. The van der Waals surface area contributed by atoms with Gasteiger partial charge in [-0.25, -0.2) is 4.98 Å². The number of nitrogens with two attached hydrogens (primary N) is 1. The minimum atomic E-state index is 0.322. The number of aromatic nitrogens is 2. The predicted molar refractivity (Wildman–Crippen MR) is 87.6 cm³/mol. The van der Waals surface area contributed by atoms with Gasteiger partial charge in [0.05, 0.1) is 11.9 Å². The molecule has 20 heavy (non-hydrogen) atoms. The largest absolute Gasteiger partial charge is 0.368 e. The smallest absolute Gasteiger partial charge is 0.223 e. The van der Waals surface area contributed by atoms with Crippen LogP contribution in [0.2, 0.25) is 0 Å². The molecule has 0 saturated carbocycles. The van der Waals surface area contributed by atoms with Gasteiger partial charge in [-0.05, 0) is 31.5 Å². The van der Waals surface area contributed by atoms with E-state index in [1.165, 1.54) is 14.6 Å². The average Bonchev–Trinajstić information content (AvgIpc) is 3.01. The fraction of sp³-hybridized carbons (Fsp3) is 0.286. The summed E-state index contributed by atoms with van der Waals surface area (Å²) in [6.07, 6.45) is 1.08. The van der Waals surface area contributed by atoms with Gasteiger partial charge in [0.1, 0.15) is 10.6 Å². The van der Waals surface area contributed by atoms with Crippen molar-refractivity contribution in [2.24, 2.45) is 0 Å². The van der Waals surface area contributed by atoms with Crippen LogP contribution in [-0.4, -0.2) is 9.97 Å². The number of aryl methyl sites for hydroxylation is 2. The predicted octanol–water partition coefficient (Wildman–Crippen LogP) is 3.82. The summed E-state index contributed by atoms with van der Waals surface area (Å²) in [5.41, 5.74) is 5.78. The van der Waals surface area contributed by atoms with Crippen LogP contribution in [0.3, 0.4) is 0 Å². The quantitative estimate of drug-likeness (QED) is 0.769. The lowest BCUT2D eigenvalue weighted by molar-refractivity contribution is 1.14. The van der Waals surface area contributed by atoms with Crippen molar-refractivity contribution >= 4 is 44.7 Å². The van der Waals surface area contributed by atoms with Crippen LogP contribution in [0, 0.1) is 6.92 Å². The van der Waals surface area contributed by atoms with Crippen molar-refractivity contribution < 1.29 is 0 Å². The van der Waals surface area contributed by atoms with Gasteiger partial charge < -0.3 is 11.1 Å². The van der Waals surface area contributed by atoms with E-state index < -0.39 is 0 Å². The van der Waals surface area contributed by atoms with Crippen LogP contribution in [0.1, 0.15) is 21.6 Å². The molecular formula is C14H16N4S2. The Hall–Kier alpha value is -1.66. The highest BCUT2D eigenvalue weighted by molar-refractivity contribution is 7.18. The average molecular weight is 304 g/mol. The van der Waals surface area contributed by atoms with Gasteiger partial charge in [-0.1, -0.05) is 6.92 Å². The van der Waals surface area contributed by atoms with Crippen LogP contribution < -0.4 is 11.1 Å². The van der Waals surface area contributed by atoms with E-state index in [1.807, 2.05) is 11.3 Å². The van der Waals surface area contributed by atoms with E-state index in [0.717, 1.165) is 29.0 Å². The molecule has 3 N–H and O–H groups in total. The molecule has 3 aromatic heterocycles. The lowest BCUT2D eigenvalue weighted by Gasteiger charge is -2.06. The van der Waals surface area contributed by atoms with Crippen molar-refractivity contribution in [1.29, 1.82) is 0 Å².